The number of benzene rings is 1. The van der Waals surface area contributed by atoms with E-state index < -0.39 is 0 Å². The van der Waals surface area contributed by atoms with E-state index in [0.29, 0.717) is 6.42 Å². The summed E-state index contributed by atoms with van der Waals surface area (Å²) in [6.07, 6.45) is 5.30. The van der Waals surface area contributed by atoms with Crippen LogP contribution in [0.5, 0.6) is 0 Å². The zero-order chi connectivity index (χ0) is 12.8. The van der Waals surface area contributed by atoms with Crippen molar-refractivity contribution in [1.29, 1.82) is 0 Å². The molecule has 0 spiro atoms. The summed E-state index contributed by atoms with van der Waals surface area (Å²) < 4.78 is 1.55. The summed E-state index contributed by atoms with van der Waals surface area (Å²) in [4.78, 5) is 17.0. The molecule has 0 atom stereocenters. The molecule has 3 nitrogen and oxygen atoms in total. The van der Waals surface area contributed by atoms with Crippen molar-refractivity contribution in [3.63, 3.8) is 0 Å². The molecule has 1 aromatic heterocycles. The first-order valence-electron chi connectivity index (χ1n) is 6.42. The topological polar surface area (TPSA) is 30.2 Å². The molecule has 0 unspecified atom stereocenters. The highest BCUT2D eigenvalue weighted by Crippen LogP contribution is 2.07. The van der Waals surface area contributed by atoms with Gasteiger partial charge in [-0.25, -0.2) is 4.79 Å². The van der Waals surface area contributed by atoms with Crippen LogP contribution in [0.4, 0.5) is 0 Å². The Hall–Kier alpha value is -1.90. The summed E-state index contributed by atoms with van der Waals surface area (Å²) in [7, 11) is 0. The van der Waals surface area contributed by atoms with E-state index >= 15 is 0 Å². The van der Waals surface area contributed by atoms with Crippen molar-refractivity contribution in [3.05, 3.63) is 42.6 Å². The van der Waals surface area contributed by atoms with Crippen molar-refractivity contribution >= 4 is 16.9 Å². The van der Waals surface area contributed by atoms with Crippen LogP contribution in [-0.2, 0) is 4.79 Å². The second kappa shape index (κ2) is 6.15. The number of pyridine rings is 1. The Morgan fingerprint density at radius 2 is 1.94 bits per heavy atom. The average Bonchev–Trinajstić information content (AvgIpc) is 2.39. The first-order chi connectivity index (χ1) is 8.81. The number of carbonyl (C=O) groups is 1. The maximum Gasteiger partial charge on any atom is 0.380 e. The van der Waals surface area contributed by atoms with Crippen LogP contribution in [0.1, 0.15) is 32.6 Å². The van der Waals surface area contributed by atoms with Crippen molar-refractivity contribution in [1.82, 2.24) is 0 Å². The summed E-state index contributed by atoms with van der Waals surface area (Å²) in [6, 6.07) is 11.7. The third-order valence-corrected chi connectivity index (χ3v) is 2.86. The lowest BCUT2D eigenvalue weighted by Crippen LogP contribution is -2.46. The predicted molar refractivity (Wildman–Crippen MR) is 69.9 cm³/mol. The number of nitrogens with zero attached hydrogens (tertiary/aromatic N) is 1. The molecular formula is C15H18NO2+. The number of aromatic nitrogens is 1. The van der Waals surface area contributed by atoms with Crippen molar-refractivity contribution in [3.8, 4) is 0 Å². The molecule has 1 heterocycles. The molecule has 1 aromatic carbocycles. The van der Waals surface area contributed by atoms with Gasteiger partial charge in [0.05, 0.1) is 11.8 Å². The van der Waals surface area contributed by atoms with Crippen LogP contribution in [0.25, 0.3) is 10.9 Å². The minimum Gasteiger partial charge on any atom is -0.245 e. The third kappa shape index (κ3) is 3.06. The van der Waals surface area contributed by atoms with Crippen molar-refractivity contribution in [2.45, 2.75) is 32.6 Å². The standard InChI is InChI=1S/C15H18NO2/c1-2-3-4-11-15(17)18-16-12-7-9-13-8-5-6-10-14(13)16/h5-10,12H,2-4,11H2,1H3/q+1. The second-order valence-electron chi connectivity index (χ2n) is 4.31. The lowest BCUT2D eigenvalue weighted by molar-refractivity contribution is -0.848. The monoisotopic (exact) mass is 244 g/mol. The first-order valence-corrected chi connectivity index (χ1v) is 6.42. The number of carbonyl (C=O) groups excluding carboxylic acids is 1. The van der Waals surface area contributed by atoms with Gasteiger partial charge in [0.25, 0.3) is 5.52 Å². The lowest BCUT2D eigenvalue weighted by atomic mass is 10.2. The SMILES string of the molecule is CCCCCC(=O)O[n+]1cccc2ccccc21. The summed E-state index contributed by atoms with van der Waals surface area (Å²) in [5.74, 6) is -0.176. The van der Waals surface area contributed by atoms with Crippen LogP contribution in [0.15, 0.2) is 42.6 Å². The van der Waals surface area contributed by atoms with Gasteiger partial charge in [-0.1, -0.05) is 31.9 Å². The van der Waals surface area contributed by atoms with E-state index in [2.05, 4.69) is 6.92 Å². The Kier molecular flexibility index (Phi) is 4.29. The summed E-state index contributed by atoms with van der Waals surface area (Å²) in [5.41, 5.74) is 0.906. The van der Waals surface area contributed by atoms with Gasteiger partial charge in [-0.15, -0.1) is 0 Å². The highest BCUT2D eigenvalue weighted by atomic mass is 16.7. The molecule has 0 bridgehead atoms. The number of fused-ring (bicyclic) bond motifs is 1. The molecule has 0 N–H and O–H groups in total. The molecule has 3 heteroatoms. The molecule has 0 aliphatic carbocycles. The molecule has 0 saturated heterocycles. The van der Waals surface area contributed by atoms with Crippen LogP contribution < -0.4 is 9.57 Å². The maximum atomic E-state index is 11.7. The van der Waals surface area contributed by atoms with Gasteiger partial charge in [-0.2, -0.15) is 4.84 Å². The third-order valence-electron chi connectivity index (χ3n) is 2.86. The number of unbranched alkanes of at least 4 members (excludes halogenated alkanes) is 2. The Morgan fingerprint density at radius 3 is 2.78 bits per heavy atom. The summed E-state index contributed by atoms with van der Waals surface area (Å²) in [6.45, 7) is 2.12. The largest absolute Gasteiger partial charge is 0.380 e. The molecule has 0 aliphatic rings. The predicted octanol–water partition coefficient (Wildman–Crippen LogP) is 2.66. The lowest BCUT2D eigenvalue weighted by Gasteiger charge is -1.99. The minimum absolute atomic E-state index is 0.176. The molecular weight excluding hydrogens is 226 g/mol. The Labute approximate surface area is 107 Å². The van der Waals surface area contributed by atoms with Gasteiger partial charge in [0.15, 0.2) is 0 Å². The van der Waals surface area contributed by atoms with E-state index in [1.165, 1.54) is 0 Å². The van der Waals surface area contributed by atoms with E-state index in [0.717, 1.165) is 30.2 Å². The normalized spacial score (nSPS) is 10.5. The number of hydrogen-bond donors (Lipinski definition) is 0. The molecule has 0 amide bonds. The molecule has 2 rings (SSSR count). The van der Waals surface area contributed by atoms with Crippen molar-refractivity contribution in [2.75, 3.05) is 0 Å². The fourth-order valence-electron chi connectivity index (χ4n) is 1.89. The van der Waals surface area contributed by atoms with Gasteiger partial charge in [-0.05, 0) is 18.6 Å². The highest BCUT2D eigenvalue weighted by molar-refractivity contribution is 5.75. The van der Waals surface area contributed by atoms with Crippen LogP contribution in [0, 0.1) is 0 Å². The molecule has 2 aromatic rings. The van der Waals surface area contributed by atoms with Crippen LogP contribution in [0.3, 0.4) is 0 Å². The van der Waals surface area contributed by atoms with E-state index in [9.17, 15) is 4.79 Å². The van der Waals surface area contributed by atoms with Crippen LogP contribution in [0.2, 0.25) is 0 Å². The fraction of sp³-hybridized carbons (Fsp3) is 0.333. The molecule has 0 saturated carbocycles. The Bertz CT molecular complexity index is 532. The number of hydrogen-bond acceptors (Lipinski definition) is 2. The van der Waals surface area contributed by atoms with E-state index in [-0.39, 0.29) is 5.97 Å². The number of para-hydroxylation sites is 1. The van der Waals surface area contributed by atoms with Crippen LogP contribution >= 0.6 is 0 Å². The van der Waals surface area contributed by atoms with E-state index in [4.69, 9.17) is 4.84 Å². The van der Waals surface area contributed by atoms with E-state index in [1.54, 1.807) is 10.9 Å². The van der Waals surface area contributed by atoms with Crippen molar-refractivity contribution in [2.24, 2.45) is 0 Å². The quantitative estimate of drug-likeness (QED) is 0.598. The minimum atomic E-state index is -0.176. The van der Waals surface area contributed by atoms with Gasteiger partial charge in [0, 0.05) is 16.9 Å². The van der Waals surface area contributed by atoms with Gasteiger partial charge in [-0.3, -0.25) is 0 Å². The molecule has 0 aliphatic heterocycles. The smallest absolute Gasteiger partial charge is 0.245 e. The Balaban J connectivity index is 2.09. The average molecular weight is 244 g/mol. The Morgan fingerprint density at radius 1 is 1.17 bits per heavy atom. The van der Waals surface area contributed by atoms with Gasteiger partial charge in [0.1, 0.15) is 0 Å². The fourth-order valence-corrected chi connectivity index (χ4v) is 1.89. The highest BCUT2D eigenvalue weighted by Gasteiger charge is 2.14. The summed E-state index contributed by atoms with van der Waals surface area (Å²) >= 11 is 0. The molecule has 0 radical (unpaired) electrons. The molecule has 0 fully saturated rings. The second-order valence-corrected chi connectivity index (χ2v) is 4.31. The zero-order valence-electron chi connectivity index (χ0n) is 10.6. The van der Waals surface area contributed by atoms with Gasteiger partial charge >= 0.3 is 5.97 Å². The van der Waals surface area contributed by atoms with Crippen LogP contribution in [-0.4, -0.2) is 5.97 Å². The van der Waals surface area contributed by atoms with Crippen molar-refractivity contribution < 1.29 is 14.4 Å². The molecule has 18 heavy (non-hydrogen) atoms. The first kappa shape index (κ1) is 12.6. The van der Waals surface area contributed by atoms with Gasteiger partial charge < -0.3 is 0 Å². The van der Waals surface area contributed by atoms with Gasteiger partial charge in [0.2, 0.25) is 6.20 Å². The zero-order valence-corrected chi connectivity index (χ0v) is 10.6. The molecule has 94 valence electrons. The summed E-state index contributed by atoms with van der Waals surface area (Å²) in [5, 5.41) is 1.06. The number of rotatable bonds is 5. The van der Waals surface area contributed by atoms with E-state index in [1.807, 2.05) is 36.4 Å². The maximum absolute atomic E-state index is 11.7.